The summed E-state index contributed by atoms with van der Waals surface area (Å²) in [5.74, 6) is -8.99. The van der Waals surface area contributed by atoms with Crippen molar-refractivity contribution >= 4 is 5.97 Å². The topological polar surface area (TPSA) is 55.1 Å². The Kier molecular flexibility index (Phi) is 3.35. The average Bonchev–Trinajstić information content (AvgIpc) is 2.74. The van der Waals surface area contributed by atoms with E-state index in [1.165, 1.54) is 6.92 Å². The van der Waals surface area contributed by atoms with Gasteiger partial charge in [0.05, 0.1) is 11.6 Å². The second-order valence-corrected chi connectivity index (χ2v) is 4.65. The number of aliphatic carboxylic acids is 1. The maximum absolute atomic E-state index is 13.8. The Balaban J connectivity index is 2.41. The summed E-state index contributed by atoms with van der Waals surface area (Å²) in [6.45, 7) is 0.572. The first kappa shape index (κ1) is 14.5. The Morgan fingerprint density at radius 3 is 2.70 bits per heavy atom. The molecule has 1 aromatic heterocycles. The van der Waals surface area contributed by atoms with Crippen LogP contribution in [0.4, 0.5) is 17.6 Å². The number of carbonyl (C=O) groups is 1. The van der Waals surface area contributed by atoms with E-state index in [-0.39, 0.29) is 5.69 Å². The predicted octanol–water partition coefficient (Wildman–Crippen LogP) is 2.76. The number of allylic oxidation sites excluding steroid dienone is 2. The first-order valence-corrected chi connectivity index (χ1v) is 5.87. The normalized spacial score (nSPS) is 21.4. The van der Waals surface area contributed by atoms with Crippen molar-refractivity contribution in [2.24, 2.45) is 0 Å². The summed E-state index contributed by atoms with van der Waals surface area (Å²) in [7, 11) is 0. The van der Waals surface area contributed by atoms with Crippen LogP contribution in [0.5, 0.6) is 0 Å². The lowest BCUT2D eigenvalue weighted by Gasteiger charge is -2.12. The minimum Gasteiger partial charge on any atom is -0.480 e. The highest BCUT2D eigenvalue weighted by Gasteiger charge is 2.59. The third-order valence-electron chi connectivity index (χ3n) is 2.98. The molecule has 0 aromatic carbocycles. The molecule has 0 spiro atoms. The lowest BCUT2D eigenvalue weighted by molar-refractivity contribution is -0.138. The Hall–Kier alpha value is -1.86. The highest BCUT2D eigenvalue weighted by molar-refractivity contribution is 5.66. The van der Waals surface area contributed by atoms with Crippen molar-refractivity contribution in [2.45, 2.75) is 37.7 Å². The SMILES string of the molecule is C/C=C/C(F)(F)c1cc(C2CC2(F)F)nn1CC(=O)O. The van der Waals surface area contributed by atoms with Gasteiger partial charge < -0.3 is 5.11 Å². The molecule has 0 amide bonds. The number of nitrogens with zero attached hydrogens (tertiary/aromatic N) is 2. The molecule has 8 heteroatoms. The van der Waals surface area contributed by atoms with Crippen LogP contribution in [0.3, 0.4) is 0 Å². The third kappa shape index (κ3) is 2.68. The van der Waals surface area contributed by atoms with E-state index in [0.717, 1.165) is 12.1 Å². The Morgan fingerprint density at radius 2 is 2.25 bits per heavy atom. The van der Waals surface area contributed by atoms with Gasteiger partial charge in [0.15, 0.2) is 0 Å². The Labute approximate surface area is 111 Å². The first-order valence-electron chi connectivity index (χ1n) is 5.87. The van der Waals surface area contributed by atoms with Crippen LogP contribution in [0.15, 0.2) is 18.2 Å². The maximum atomic E-state index is 13.8. The molecule has 0 saturated heterocycles. The second-order valence-electron chi connectivity index (χ2n) is 4.65. The molecule has 1 atom stereocenters. The molecule has 0 bridgehead atoms. The number of hydrogen-bond acceptors (Lipinski definition) is 2. The van der Waals surface area contributed by atoms with Gasteiger partial charge in [-0.15, -0.1) is 0 Å². The minimum atomic E-state index is -3.46. The lowest BCUT2D eigenvalue weighted by atomic mass is 10.2. The quantitative estimate of drug-likeness (QED) is 0.670. The molecule has 1 aliphatic carbocycles. The van der Waals surface area contributed by atoms with Gasteiger partial charge in [-0.2, -0.15) is 13.9 Å². The molecule has 1 aromatic rings. The molecule has 1 saturated carbocycles. The smallest absolute Gasteiger partial charge is 0.325 e. The van der Waals surface area contributed by atoms with Crippen molar-refractivity contribution in [3.8, 4) is 0 Å². The lowest BCUT2D eigenvalue weighted by Crippen LogP contribution is -2.20. The number of aromatic nitrogens is 2. The zero-order valence-corrected chi connectivity index (χ0v) is 10.5. The van der Waals surface area contributed by atoms with Crippen molar-refractivity contribution in [3.05, 3.63) is 29.6 Å². The summed E-state index contributed by atoms with van der Waals surface area (Å²) < 4.78 is 54.1. The molecule has 110 valence electrons. The van der Waals surface area contributed by atoms with E-state index in [1.807, 2.05) is 0 Å². The summed E-state index contributed by atoms with van der Waals surface area (Å²) in [5, 5.41) is 12.3. The molecular weight excluding hydrogens is 280 g/mol. The van der Waals surface area contributed by atoms with Crippen LogP contribution >= 0.6 is 0 Å². The van der Waals surface area contributed by atoms with Crippen LogP contribution in [0.1, 0.15) is 30.7 Å². The van der Waals surface area contributed by atoms with E-state index in [9.17, 15) is 22.4 Å². The number of alkyl halides is 4. The molecule has 20 heavy (non-hydrogen) atoms. The van der Waals surface area contributed by atoms with Gasteiger partial charge in [-0.3, -0.25) is 9.48 Å². The Bertz CT molecular complexity index is 566. The molecule has 2 rings (SSSR count). The molecule has 1 aliphatic rings. The molecule has 1 heterocycles. The van der Waals surface area contributed by atoms with Crippen LogP contribution < -0.4 is 0 Å². The van der Waals surface area contributed by atoms with Crippen LogP contribution in [0, 0.1) is 0 Å². The zero-order valence-electron chi connectivity index (χ0n) is 10.5. The monoisotopic (exact) mass is 292 g/mol. The van der Waals surface area contributed by atoms with Crippen molar-refractivity contribution in [2.75, 3.05) is 0 Å². The molecule has 0 aliphatic heterocycles. The van der Waals surface area contributed by atoms with Crippen molar-refractivity contribution in [1.82, 2.24) is 9.78 Å². The van der Waals surface area contributed by atoms with Gasteiger partial charge in [-0.25, -0.2) is 8.78 Å². The summed E-state index contributed by atoms with van der Waals surface area (Å²) in [4.78, 5) is 10.7. The van der Waals surface area contributed by atoms with Crippen LogP contribution in [-0.4, -0.2) is 26.8 Å². The molecule has 0 radical (unpaired) electrons. The predicted molar refractivity (Wildman–Crippen MR) is 60.9 cm³/mol. The third-order valence-corrected chi connectivity index (χ3v) is 2.98. The Morgan fingerprint density at radius 1 is 1.65 bits per heavy atom. The highest BCUT2D eigenvalue weighted by Crippen LogP contribution is 2.55. The molecule has 4 nitrogen and oxygen atoms in total. The van der Waals surface area contributed by atoms with Gasteiger partial charge in [0.25, 0.3) is 5.92 Å². The number of carboxylic acid groups (broad SMARTS) is 1. The minimum absolute atomic E-state index is 0.199. The van der Waals surface area contributed by atoms with Crippen molar-refractivity contribution in [1.29, 1.82) is 0 Å². The van der Waals surface area contributed by atoms with E-state index in [1.54, 1.807) is 0 Å². The van der Waals surface area contributed by atoms with Crippen molar-refractivity contribution < 1.29 is 27.5 Å². The molecular formula is C12H12F4N2O2. The van der Waals surface area contributed by atoms with Gasteiger partial charge in [0.1, 0.15) is 12.2 Å². The second kappa shape index (κ2) is 4.60. The van der Waals surface area contributed by atoms with Crippen LogP contribution in [0.2, 0.25) is 0 Å². The molecule has 1 fully saturated rings. The summed E-state index contributed by atoms with van der Waals surface area (Å²) in [6, 6.07) is 0.856. The van der Waals surface area contributed by atoms with Gasteiger partial charge >= 0.3 is 11.9 Å². The van der Waals surface area contributed by atoms with E-state index in [4.69, 9.17) is 5.11 Å². The zero-order chi connectivity index (χ0) is 15.1. The maximum Gasteiger partial charge on any atom is 0.325 e. The van der Waals surface area contributed by atoms with E-state index >= 15 is 0 Å². The van der Waals surface area contributed by atoms with E-state index in [0.29, 0.717) is 10.8 Å². The van der Waals surface area contributed by atoms with E-state index < -0.39 is 42.4 Å². The largest absolute Gasteiger partial charge is 0.480 e. The highest BCUT2D eigenvalue weighted by atomic mass is 19.3. The fraction of sp³-hybridized carbons (Fsp3) is 0.500. The summed E-state index contributed by atoms with van der Waals surface area (Å²) in [6.07, 6.45) is 1.21. The first-order chi connectivity index (χ1) is 9.17. The standard InChI is InChI=1S/C12H12F4N2O2/c1-2-3-11(13,14)9-4-8(7-5-12(7,15)16)17-18(9)6-10(19)20/h2-4,7H,5-6H2,1H3,(H,19,20)/b3-2+. The number of halogens is 4. The number of hydrogen-bond donors (Lipinski definition) is 1. The average molecular weight is 292 g/mol. The number of carboxylic acids is 1. The summed E-state index contributed by atoms with van der Waals surface area (Å²) in [5.41, 5.74) is -0.897. The molecule has 1 N–H and O–H groups in total. The van der Waals surface area contributed by atoms with Crippen LogP contribution in [0.25, 0.3) is 0 Å². The van der Waals surface area contributed by atoms with Gasteiger partial charge in [-0.05, 0) is 19.1 Å². The fourth-order valence-corrected chi connectivity index (χ4v) is 1.95. The number of rotatable bonds is 5. The van der Waals surface area contributed by atoms with Gasteiger partial charge in [0, 0.05) is 6.42 Å². The summed E-state index contributed by atoms with van der Waals surface area (Å²) >= 11 is 0. The van der Waals surface area contributed by atoms with Gasteiger partial charge in [0.2, 0.25) is 0 Å². The molecule has 1 unspecified atom stereocenters. The van der Waals surface area contributed by atoms with E-state index in [2.05, 4.69) is 5.10 Å². The van der Waals surface area contributed by atoms with Gasteiger partial charge in [-0.1, -0.05) is 6.08 Å². The van der Waals surface area contributed by atoms with Crippen LogP contribution in [-0.2, 0) is 17.3 Å². The van der Waals surface area contributed by atoms with Crippen molar-refractivity contribution in [3.63, 3.8) is 0 Å². The fourth-order valence-electron chi connectivity index (χ4n) is 1.95.